The van der Waals surface area contributed by atoms with Gasteiger partial charge in [0.1, 0.15) is 11.6 Å². The minimum absolute atomic E-state index is 0.0115. The number of carbonyl (C=O) groups is 1. The molecule has 31 heavy (non-hydrogen) atoms. The van der Waals surface area contributed by atoms with E-state index in [-0.39, 0.29) is 11.3 Å². The molecule has 4 heterocycles. The molecule has 2 aromatic rings. The van der Waals surface area contributed by atoms with Crippen LogP contribution in [0.3, 0.4) is 0 Å². The van der Waals surface area contributed by atoms with Gasteiger partial charge in [-0.25, -0.2) is 9.97 Å². The van der Waals surface area contributed by atoms with E-state index in [1.165, 1.54) is 42.8 Å². The summed E-state index contributed by atoms with van der Waals surface area (Å²) in [6.07, 6.45) is 11.0. The molecular weight excluding hydrogens is 386 g/mol. The molecule has 0 bridgehead atoms. The van der Waals surface area contributed by atoms with E-state index in [2.05, 4.69) is 14.8 Å². The summed E-state index contributed by atoms with van der Waals surface area (Å²) in [6.45, 7) is 5.78. The minimum atomic E-state index is -0.0115. The minimum Gasteiger partial charge on any atom is -0.356 e. The Labute approximate surface area is 184 Å². The largest absolute Gasteiger partial charge is 0.356 e. The van der Waals surface area contributed by atoms with Gasteiger partial charge in [0.2, 0.25) is 0 Å². The van der Waals surface area contributed by atoms with E-state index >= 15 is 0 Å². The van der Waals surface area contributed by atoms with E-state index in [4.69, 9.17) is 9.97 Å². The Balaban J connectivity index is 1.35. The van der Waals surface area contributed by atoms with Crippen LogP contribution >= 0.6 is 0 Å². The van der Waals surface area contributed by atoms with E-state index in [1.807, 2.05) is 19.1 Å². The first-order chi connectivity index (χ1) is 15.1. The lowest BCUT2D eigenvalue weighted by Crippen LogP contribution is -2.48. The molecule has 1 amide bonds. The molecule has 0 aromatic carbocycles. The number of likely N-dealkylation sites (tertiary alicyclic amines) is 1. The van der Waals surface area contributed by atoms with Crippen molar-refractivity contribution in [3.05, 3.63) is 46.7 Å². The Morgan fingerprint density at radius 2 is 1.90 bits per heavy atom. The van der Waals surface area contributed by atoms with Gasteiger partial charge in [-0.2, -0.15) is 0 Å². The van der Waals surface area contributed by atoms with Gasteiger partial charge < -0.3 is 9.80 Å². The van der Waals surface area contributed by atoms with Gasteiger partial charge in [-0.1, -0.05) is 0 Å². The topological polar surface area (TPSA) is 62.2 Å². The predicted octanol–water partition coefficient (Wildman–Crippen LogP) is 3.78. The molecule has 162 valence electrons. The van der Waals surface area contributed by atoms with Crippen molar-refractivity contribution < 1.29 is 4.79 Å². The average molecular weight is 418 g/mol. The summed E-state index contributed by atoms with van der Waals surface area (Å²) in [5, 5.41) is 0. The summed E-state index contributed by atoms with van der Waals surface area (Å²) >= 11 is 0. The quantitative estimate of drug-likeness (QED) is 0.761. The van der Waals surface area contributed by atoms with Crippen LogP contribution < -0.4 is 4.90 Å². The van der Waals surface area contributed by atoms with E-state index in [9.17, 15) is 4.79 Å². The molecule has 2 aromatic heterocycles. The molecule has 0 radical (unpaired) electrons. The average Bonchev–Trinajstić information content (AvgIpc) is 3.40. The van der Waals surface area contributed by atoms with Crippen molar-refractivity contribution in [1.82, 2.24) is 19.9 Å². The van der Waals surface area contributed by atoms with Gasteiger partial charge in [-0.3, -0.25) is 9.78 Å². The van der Waals surface area contributed by atoms with Gasteiger partial charge in [-0.15, -0.1) is 0 Å². The number of amides is 1. The van der Waals surface area contributed by atoms with Gasteiger partial charge in [0.15, 0.2) is 0 Å². The smallest absolute Gasteiger partial charge is 0.255 e. The van der Waals surface area contributed by atoms with Crippen LogP contribution in [0.4, 0.5) is 5.82 Å². The van der Waals surface area contributed by atoms with Crippen LogP contribution in [-0.2, 0) is 11.8 Å². The molecule has 3 fully saturated rings. The van der Waals surface area contributed by atoms with Crippen molar-refractivity contribution in [3.8, 4) is 0 Å². The van der Waals surface area contributed by atoms with Crippen LogP contribution in [0.15, 0.2) is 18.3 Å². The lowest BCUT2D eigenvalue weighted by Gasteiger charge is -2.40. The van der Waals surface area contributed by atoms with Crippen molar-refractivity contribution >= 4 is 11.7 Å². The summed E-state index contributed by atoms with van der Waals surface area (Å²) in [5.41, 5.74) is 4.26. The number of piperidine rings is 1. The number of anilines is 1. The number of nitrogens with zero attached hydrogens (tertiary/aromatic N) is 5. The highest BCUT2D eigenvalue weighted by atomic mass is 16.2. The van der Waals surface area contributed by atoms with E-state index < -0.39 is 0 Å². The number of pyridine rings is 1. The standard InChI is InChI=1S/C25H31N5O/c1-17-5-6-19(15-26-17)24(31)30-14-4-10-25(16-30)11-9-20-21(25)27-22(18-7-8-18)28-23(20)29-12-2-3-13-29/h5-6,15,18H,2-4,7-14,16H2,1H3. The fraction of sp³-hybridized carbons (Fsp3) is 0.600. The highest BCUT2D eigenvalue weighted by Crippen LogP contribution is 2.49. The van der Waals surface area contributed by atoms with Crippen LogP contribution in [0, 0.1) is 6.92 Å². The van der Waals surface area contributed by atoms with E-state index in [0.717, 1.165) is 63.4 Å². The van der Waals surface area contributed by atoms with Crippen LogP contribution in [0.2, 0.25) is 0 Å². The molecule has 1 unspecified atom stereocenters. The maximum Gasteiger partial charge on any atom is 0.255 e. The van der Waals surface area contributed by atoms with Crippen molar-refractivity contribution in [2.24, 2.45) is 0 Å². The fourth-order valence-corrected chi connectivity index (χ4v) is 5.83. The first-order valence-corrected chi connectivity index (χ1v) is 12.0. The SMILES string of the molecule is Cc1ccc(C(=O)N2CCCC3(CCc4c(N5CCCC5)nc(C5CC5)nc43)C2)cn1. The number of fused-ring (bicyclic) bond motifs is 2. The summed E-state index contributed by atoms with van der Waals surface area (Å²) < 4.78 is 0. The van der Waals surface area contributed by atoms with Gasteiger partial charge in [-0.05, 0) is 70.4 Å². The zero-order valence-corrected chi connectivity index (χ0v) is 18.4. The molecule has 6 heteroatoms. The number of rotatable bonds is 3. The molecular formula is C25H31N5O. The number of hydrogen-bond acceptors (Lipinski definition) is 5. The second kappa shape index (κ2) is 7.28. The lowest BCUT2D eigenvalue weighted by atomic mass is 9.77. The second-order valence-corrected chi connectivity index (χ2v) is 10.00. The maximum atomic E-state index is 13.3. The van der Waals surface area contributed by atoms with Crippen LogP contribution in [0.25, 0.3) is 0 Å². The molecule has 6 nitrogen and oxygen atoms in total. The van der Waals surface area contributed by atoms with Gasteiger partial charge in [0.25, 0.3) is 5.91 Å². The Morgan fingerprint density at radius 3 is 2.65 bits per heavy atom. The molecule has 1 atom stereocenters. The summed E-state index contributed by atoms with van der Waals surface area (Å²) in [6, 6.07) is 3.84. The molecule has 2 aliphatic carbocycles. The van der Waals surface area contributed by atoms with Crippen LogP contribution in [0.5, 0.6) is 0 Å². The second-order valence-electron chi connectivity index (χ2n) is 10.00. The third kappa shape index (κ3) is 3.31. The Kier molecular flexibility index (Phi) is 4.51. The van der Waals surface area contributed by atoms with Gasteiger partial charge >= 0.3 is 0 Å². The molecule has 1 saturated carbocycles. The Morgan fingerprint density at radius 1 is 1.06 bits per heavy atom. The molecule has 6 rings (SSSR count). The summed E-state index contributed by atoms with van der Waals surface area (Å²) in [7, 11) is 0. The third-order valence-corrected chi connectivity index (χ3v) is 7.73. The first kappa shape index (κ1) is 19.2. The molecule has 4 aliphatic rings. The van der Waals surface area contributed by atoms with Crippen molar-refractivity contribution in [1.29, 1.82) is 0 Å². The zero-order valence-electron chi connectivity index (χ0n) is 18.4. The van der Waals surface area contributed by atoms with Gasteiger partial charge in [0.05, 0.1) is 11.3 Å². The van der Waals surface area contributed by atoms with E-state index in [1.54, 1.807) is 6.20 Å². The number of aromatic nitrogens is 3. The number of carbonyl (C=O) groups excluding carboxylic acids is 1. The monoisotopic (exact) mass is 417 g/mol. The lowest BCUT2D eigenvalue weighted by molar-refractivity contribution is 0.0633. The maximum absolute atomic E-state index is 13.3. The van der Waals surface area contributed by atoms with Gasteiger partial charge in [0, 0.05) is 55.0 Å². The van der Waals surface area contributed by atoms with Crippen molar-refractivity contribution in [2.45, 2.75) is 69.6 Å². The first-order valence-electron chi connectivity index (χ1n) is 12.0. The van der Waals surface area contributed by atoms with Crippen LogP contribution in [0.1, 0.15) is 84.0 Å². The van der Waals surface area contributed by atoms with Crippen molar-refractivity contribution in [3.63, 3.8) is 0 Å². The molecule has 1 spiro atoms. The van der Waals surface area contributed by atoms with Crippen molar-refractivity contribution in [2.75, 3.05) is 31.1 Å². The highest BCUT2D eigenvalue weighted by molar-refractivity contribution is 5.94. The Bertz CT molecular complexity index is 1010. The van der Waals surface area contributed by atoms with Crippen LogP contribution in [-0.4, -0.2) is 51.9 Å². The summed E-state index contributed by atoms with van der Waals surface area (Å²) in [4.78, 5) is 32.5. The fourth-order valence-electron chi connectivity index (χ4n) is 5.83. The Hall–Kier alpha value is -2.50. The van der Waals surface area contributed by atoms with E-state index in [0.29, 0.717) is 11.5 Å². The highest BCUT2D eigenvalue weighted by Gasteiger charge is 2.47. The predicted molar refractivity (Wildman–Crippen MR) is 120 cm³/mol. The zero-order chi connectivity index (χ0) is 21.0. The molecule has 2 saturated heterocycles. The third-order valence-electron chi connectivity index (χ3n) is 7.73. The summed E-state index contributed by atoms with van der Waals surface area (Å²) in [5.74, 6) is 2.93. The normalized spacial score (nSPS) is 25.3. The number of aryl methyl sites for hydroxylation is 1. The number of hydrogen-bond donors (Lipinski definition) is 0. The molecule has 2 aliphatic heterocycles. The molecule has 0 N–H and O–H groups in total.